The summed E-state index contributed by atoms with van der Waals surface area (Å²) in [4.78, 5) is 5.56. The highest BCUT2D eigenvalue weighted by atomic mass is 32.1. The zero-order valence-corrected chi connectivity index (χ0v) is 11.3. The Hall–Kier alpha value is -0.450. The molecule has 0 amide bonds. The summed E-state index contributed by atoms with van der Waals surface area (Å²) in [5.41, 5.74) is 3.05. The van der Waals surface area contributed by atoms with E-state index in [9.17, 15) is 0 Å². The molecule has 0 aliphatic carbocycles. The van der Waals surface area contributed by atoms with Gasteiger partial charge in [-0.3, -0.25) is 0 Å². The summed E-state index contributed by atoms with van der Waals surface area (Å²) < 4.78 is 5.58. The van der Waals surface area contributed by atoms with Crippen LogP contribution in [0.3, 0.4) is 0 Å². The fourth-order valence-electron chi connectivity index (χ4n) is 1.40. The quantitative estimate of drug-likeness (QED) is 0.711. The van der Waals surface area contributed by atoms with Crippen LogP contribution in [-0.4, -0.2) is 30.8 Å². The van der Waals surface area contributed by atoms with Gasteiger partial charge < -0.3 is 10.1 Å². The van der Waals surface area contributed by atoms with Gasteiger partial charge in [0.15, 0.2) is 0 Å². The molecule has 1 aromatic heterocycles. The molecule has 0 aliphatic heterocycles. The molecule has 1 aromatic rings. The van der Waals surface area contributed by atoms with Crippen LogP contribution in [0.4, 0.5) is 0 Å². The Morgan fingerprint density at radius 1 is 1.44 bits per heavy atom. The zero-order valence-electron chi connectivity index (χ0n) is 10.5. The predicted molar refractivity (Wildman–Crippen MR) is 69.1 cm³/mol. The Morgan fingerprint density at radius 2 is 2.25 bits per heavy atom. The van der Waals surface area contributed by atoms with Crippen molar-refractivity contribution >= 4 is 11.3 Å². The summed E-state index contributed by atoms with van der Waals surface area (Å²) in [6.07, 6.45) is 2.08. The van der Waals surface area contributed by atoms with Crippen molar-refractivity contribution in [1.82, 2.24) is 10.3 Å². The average Bonchev–Trinajstić information content (AvgIpc) is 2.62. The summed E-state index contributed by atoms with van der Waals surface area (Å²) in [7, 11) is 0. The third-order valence-electron chi connectivity index (χ3n) is 2.34. The van der Waals surface area contributed by atoms with Gasteiger partial charge in [0, 0.05) is 23.9 Å². The third-order valence-corrected chi connectivity index (χ3v) is 3.33. The standard InChI is InChI=1S/C12H22N2OS/c1-10(2)13-6-4-7-15-8-5-12-11(3)14-9-16-12/h9-10,13H,4-8H2,1-3H3. The van der Waals surface area contributed by atoms with Crippen LogP contribution in [0.25, 0.3) is 0 Å². The van der Waals surface area contributed by atoms with Gasteiger partial charge in [-0.1, -0.05) is 13.8 Å². The van der Waals surface area contributed by atoms with E-state index in [0.29, 0.717) is 6.04 Å². The van der Waals surface area contributed by atoms with Crippen molar-refractivity contribution in [3.63, 3.8) is 0 Å². The van der Waals surface area contributed by atoms with Gasteiger partial charge in [-0.2, -0.15) is 0 Å². The number of nitrogens with zero attached hydrogens (tertiary/aromatic N) is 1. The Bertz CT molecular complexity index is 286. The van der Waals surface area contributed by atoms with E-state index in [2.05, 4.69) is 31.1 Å². The van der Waals surface area contributed by atoms with Crippen LogP contribution in [0.1, 0.15) is 30.8 Å². The van der Waals surface area contributed by atoms with Crippen molar-refractivity contribution in [3.8, 4) is 0 Å². The summed E-state index contributed by atoms with van der Waals surface area (Å²) in [6, 6.07) is 0.569. The molecule has 0 bridgehead atoms. The van der Waals surface area contributed by atoms with Crippen LogP contribution < -0.4 is 5.32 Å². The van der Waals surface area contributed by atoms with Crippen molar-refractivity contribution in [2.24, 2.45) is 0 Å². The van der Waals surface area contributed by atoms with E-state index in [1.807, 2.05) is 5.51 Å². The third kappa shape index (κ3) is 5.58. The van der Waals surface area contributed by atoms with Crippen molar-refractivity contribution in [2.75, 3.05) is 19.8 Å². The van der Waals surface area contributed by atoms with E-state index in [4.69, 9.17) is 4.74 Å². The highest BCUT2D eigenvalue weighted by Crippen LogP contribution is 2.12. The fraction of sp³-hybridized carbons (Fsp3) is 0.750. The minimum absolute atomic E-state index is 0.569. The fourth-order valence-corrected chi connectivity index (χ4v) is 2.16. The SMILES string of the molecule is Cc1ncsc1CCOCCCNC(C)C. The molecule has 92 valence electrons. The molecular weight excluding hydrogens is 220 g/mol. The maximum atomic E-state index is 5.58. The predicted octanol–water partition coefficient (Wildman–Crippen LogP) is 2.40. The minimum Gasteiger partial charge on any atom is -0.381 e. The van der Waals surface area contributed by atoms with Gasteiger partial charge in [0.05, 0.1) is 17.8 Å². The van der Waals surface area contributed by atoms with Crippen LogP contribution >= 0.6 is 11.3 Å². The molecule has 4 heteroatoms. The number of ether oxygens (including phenoxy) is 1. The highest BCUT2D eigenvalue weighted by molar-refractivity contribution is 7.09. The second-order valence-electron chi connectivity index (χ2n) is 4.19. The van der Waals surface area contributed by atoms with Gasteiger partial charge in [0.25, 0.3) is 0 Å². The Balaban J connectivity index is 1.94. The number of hydrogen-bond acceptors (Lipinski definition) is 4. The first-order valence-electron chi connectivity index (χ1n) is 5.90. The molecule has 16 heavy (non-hydrogen) atoms. The molecule has 0 fully saturated rings. The maximum absolute atomic E-state index is 5.58. The molecule has 0 radical (unpaired) electrons. The molecule has 0 aromatic carbocycles. The molecule has 0 unspecified atom stereocenters. The summed E-state index contributed by atoms with van der Waals surface area (Å²) >= 11 is 1.72. The number of nitrogens with one attached hydrogen (secondary N) is 1. The maximum Gasteiger partial charge on any atom is 0.0797 e. The van der Waals surface area contributed by atoms with E-state index in [-0.39, 0.29) is 0 Å². The van der Waals surface area contributed by atoms with Gasteiger partial charge in [-0.05, 0) is 19.9 Å². The average molecular weight is 242 g/mol. The second-order valence-corrected chi connectivity index (χ2v) is 5.13. The second kappa shape index (κ2) is 7.76. The lowest BCUT2D eigenvalue weighted by Gasteiger charge is -2.07. The number of hydrogen-bond donors (Lipinski definition) is 1. The normalized spacial score (nSPS) is 11.2. The lowest BCUT2D eigenvalue weighted by Crippen LogP contribution is -2.24. The number of aryl methyl sites for hydroxylation is 1. The van der Waals surface area contributed by atoms with Gasteiger partial charge >= 0.3 is 0 Å². The van der Waals surface area contributed by atoms with Gasteiger partial charge in [-0.25, -0.2) is 4.98 Å². The number of aromatic nitrogens is 1. The molecule has 0 saturated carbocycles. The lowest BCUT2D eigenvalue weighted by molar-refractivity contribution is 0.134. The van der Waals surface area contributed by atoms with Crippen LogP contribution in [0.15, 0.2) is 5.51 Å². The van der Waals surface area contributed by atoms with Gasteiger partial charge in [0.2, 0.25) is 0 Å². The molecular formula is C12H22N2OS. The van der Waals surface area contributed by atoms with E-state index in [1.165, 1.54) is 4.88 Å². The van der Waals surface area contributed by atoms with E-state index in [0.717, 1.165) is 38.3 Å². The van der Waals surface area contributed by atoms with E-state index >= 15 is 0 Å². The number of thiazole rings is 1. The largest absolute Gasteiger partial charge is 0.381 e. The van der Waals surface area contributed by atoms with Gasteiger partial charge in [-0.15, -0.1) is 11.3 Å². The van der Waals surface area contributed by atoms with Crippen molar-refractivity contribution in [3.05, 3.63) is 16.1 Å². The topological polar surface area (TPSA) is 34.1 Å². The molecule has 0 aliphatic rings. The van der Waals surface area contributed by atoms with Crippen LogP contribution in [-0.2, 0) is 11.2 Å². The molecule has 1 N–H and O–H groups in total. The smallest absolute Gasteiger partial charge is 0.0797 e. The van der Waals surface area contributed by atoms with Crippen molar-refractivity contribution in [1.29, 1.82) is 0 Å². The minimum atomic E-state index is 0.569. The van der Waals surface area contributed by atoms with Crippen LogP contribution in [0, 0.1) is 6.92 Å². The monoisotopic (exact) mass is 242 g/mol. The Labute approximate surface area is 102 Å². The summed E-state index contributed by atoms with van der Waals surface area (Å²) in [6.45, 7) is 9.07. The van der Waals surface area contributed by atoms with Crippen molar-refractivity contribution < 1.29 is 4.74 Å². The van der Waals surface area contributed by atoms with Crippen LogP contribution in [0.5, 0.6) is 0 Å². The van der Waals surface area contributed by atoms with Gasteiger partial charge in [0.1, 0.15) is 0 Å². The first-order chi connectivity index (χ1) is 7.70. The molecule has 3 nitrogen and oxygen atoms in total. The first-order valence-corrected chi connectivity index (χ1v) is 6.78. The lowest BCUT2D eigenvalue weighted by atomic mass is 10.3. The highest BCUT2D eigenvalue weighted by Gasteiger charge is 2.00. The number of rotatable bonds is 8. The van der Waals surface area contributed by atoms with E-state index < -0.39 is 0 Å². The molecule has 0 spiro atoms. The summed E-state index contributed by atoms with van der Waals surface area (Å²) in [5, 5.41) is 3.37. The Kier molecular flexibility index (Phi) is 6.61. The van der Waals surface area contributed by atoms with E-state index in [1.54, 1.807) is 11.3 Å². The molecule has 1 rings (SSSR count). The van der Waals surface area contributed by atoms with Crippen molar-refractivity contribution in [2.45, 2.75) is 39.7 Å². The molecule has 1 heterocycles. The van der Waals surface area contributed by atoms with Crippen LogP contribution in [0.2, 0.25) is 0 Å². The zero-order chi connectivity index (χ0) is 11.8. The first kappa shape index (κ1) is 13.6. The molecule has 0 saturated heterocycles. The Morgan fingerprint density at radius 3 is 2.88 bits per heavy atom. The molecule has 0 atom stereocenters. The summed E-state index contributed by atoms with van der Waals surface area (Å²) in [5.74, 6) is 0.